The summed E-state index contributed by atoms with van der Waals surface area (Å²) in [5, 5.41) is 42.9. The zero-order chi connectivity index (χ0) is 26.9. The molecule has 0 bridgehead atoms. The van der Waals surface area contributed by atoms with Crippen molar-refractivity contribution in [3.8, 4) is 17.0 Å². The van der Waals surface area contributed by atoms with E-state index in [0.29, 0.717) is 24.8 Å². The molecule has 0 atom stereocenters. The summed E-state index contributed by atoms with van der Waals surface area (Å²) in [5.41, 5.74) is 6.43. The highest BCUT2D eigenvalue weighted by atomic mass is 35.5. The van der Waals surface area contributed by atoms with Crippen LogP contribution in [0.2, 0.25) is 5.02 Å². The van der Waals surface area contributed by atoms with Crippen LogP contribution < -0.4 is 16.0 Å². The number of hydrogen-bond acceptors (Lipinski definition) is 9. The topological polar surface area (TPSA) is 149 Å². The summed E-state index contributed by atoms with van der Waals surface area (Å²) in [6.07, 6.45) is 8.90. The summed E-state index contributed by atoms with van der Waals surface area (Å²) in [5.74, 6) is -0.118. The van der Waals surface area contributed by atoms with E-state index < -0.39 is 0 Å². The second-order valence-electron chi connectivity index (χ2n) is 9.04. The Labute approximate surface area is 230 Å². The van der Waals surface area contributed by atoms with Gasteiger partial charge in [0.1, 0.15) is 0 Å². The van der Waals surface area contributed by atoms with Gasteiger partial charge in [-0.05, 0) is 60.8 Å². The van der Waals surface area contributed by atoms with Gasteiger partial charge < -0.3 is 25.8 Å². The van der Waals surface area contributed by atoms with Crippen LogP contribution in [0.25, 0.3) is 22.0 Å². The van der Waals surface area contributed by atoms with E-state index in [9.17, 15) is 5.11 Å². The Balaban J connectivity index is 0.996. The van der Waals surface area contributed by atoms with E-state index >= 15 is 0 Å². The van der Waals surface area contributed by atoms with Gasteiger partial charge in [-0.25, -0.2) is 0 Å². The molecule has 5 aromatic rings. The summed E-state index contributed by atoms with van der Waals surface area (Å²) >= 11 is 6.29. The summed E-state index contributed by atoms with van der Waals surface area (Å²) in [6.45, 7) is 3.57. The molecule has 0 saturated carbocycles. The predicted molar refractivity (Wildman–Crippen MR) is 152 cm³/mol. The van der Waals surface area contributed by atoms with Gasteiger partial charge in [0.15, 0.2) is 0 Å². The molecule has 0 aliphatic heterocycles. The van der Waals surface area contributed by atoms with Crippen LogP contribution in [0.1, 0.15) is 18.4 Å². The van der Waals surface area contributed by atoms with Crippen LogP contribution in [0.4, 0.5) is 17.1 Å². The third-order valence-electron chi connectivity index (χ3n) is 6.06. The Morgan fingerprint density at radius 3 is 2.72 bits per heavy atom. The van der Waals surface area contributed by atoms with Crippen molar-refractivity contribution in [3.63, 3.8) is 0 Å². The number of anilines is 3. The Hall–Kier alpha value is -4.19. The highest BCUT2D eigenvalue weighted by Crippen LogP contribution is 2.30. The van der Waals surface area contributed by atoms with E-state index in [1.165, 1.54) is 0 Å². The van der Waals surface area contributed by atoms with Gasteiger partial charge in [-0.15, -0.1) is 5.10 Å². The molecule has 0 fully saturated rings. The first-order valence-corrected chi connectivity index (χ1v) is 13.1. The molecule has 5 rings (SSSR count). The molecule has 6 N–H and O–H groups in total. The van der Waals surface area contributed by atoms with Crippen LogP contribution in [0, 0.1) is 0 Å². The molecule has 11 nitrogen and oxygen atoms in total. The molecule has 0 unspecified atom stereocenters. The third kappa shape index (κ3) is 7.44. The maximum atomic E-state index is 9.68. The number of fused-ring (bicyclic) bond motifs is 1. The van der Waals surface area contributed by atoms with Crippen molar-refractivity contribution in [1.82, 2.24) is 35.9 Å². The van der Waals surface area contributed by atoms with E-state index in [1.54, 1.807) is 30.9 Å². The van der Waals surface area contributed by atoms with Crippen molar-refractivity contribution in [2.24, 2.45) is 0 Å². The zero-order valence-corrected chi connectivity index (χ0v) is 22.0. The molecule has 12 heteroatoms. The SMILES string of the molecule is Oc1cc(-c2cc(NCCOCCCCNCc3cc(Cl)cc(Nc4cn[nH]c4)c3)c3cn[nH]c3c2)cnn1. The van der Waals surface area contributed by atoms with E-state index in [4.69, 9.17) is 16.3 Å². The monoisotopic (exact) mass is 547 g/mol. The first kappa shape index (κ1) is 26.4. The van der Waals surface area contributed by atoms with Gasteiger partial charge in [-0.1, -0.05) is 11.6 Å². The molecule has 39 heavy (non-hydrogen) atoms. The highest BCUT2D eigenvalue weighted by Gasteiger charge is 2.09. The fourth-order valence-corrected chi connectivity index (χ4v) is 4.49. The number of halogens is 1. The molecule has 0 radical (unpaired) electrons. The number of aromatic hydroxyl groups is 1. The Morgan fingerprint density at radius 2 is 1.85 bits per heavy atom. The van der Waals surface area contributed by atoms with Crippen molar-refractivity contribution in [2.75, 3.05) is 36.9 Å². The Kier molecular flexibility index (Phi) is 8.84. The van der Waals surface area contributed by atoms with Gasteiger partial charge in [0.05, 0.1) is 36.4 Å². The lowest BCUT2D eigenvalue weighted by molar-refractivity contribution is 0.140. The lowest BCUT2D eigenvalue weighted by Gasteiger charge is -2.11. The molecule has 0 aliphatic rings. The van der Waals surface area contributed by atoms with Gasteiger partial charge >= 0.3 is 0 Å². The molecule has 3 aromatic heterocycles. The van der Waals surface area contributed by atoms with Crippen LogP contribution in [0.15, 0.2) is 61.2 Å². The molecule has 0 aliphatic carbocycles. The molecule has 2 aromatic carbocycles. The maximum absolute atomic E-state index is 9.68. The predicted octanol–water partition coefficient (Wildman–Crippen LogP) is 4.84. The van der Waals surface area contributed by atoms with Gasteiger partial charge in [0, 0.05) is 59.3 Å². The van der Waals surface area contributed by atoms with Gasteiger partial charge in [0.2, 0.25) is 5.88 Å². The third-order valence-corrected chi connectivity index (χ3v) is 6.28. The highest BCUT2D eigenvalue weighted by molar-refractivity contribution is 6.31. The van der Waals surface area contributed by atoms with E-state index in [1.807, 2.05) is 24.3 Å². The number of benzene rings is 2. The molecule has 0 saturated heterocycles. The molecule has 0 amide bonds. The summed E-state index contributed by atoms with van der Waals surface area (Å²) < 4.78 is 5.83. The second kappa shape index (κ2) is 13.1. The minimum absolute atomic E-state index is 0.118. The minimum atomic E-state index is -0.118. The van der Waals surface area contributed by atoms with Crippen molar-refractivity contribution >= 4 is 39.6 Å². The average molecular weight is 548 g/mol. The zero-order valence-electron chi connectivity index (χ0n) is 21.2. The van der Waals surface area contributed by atoms with E-state index in [2.05, 4.69) is 52.6 Å². The average Bonchev–Trinajstić information content (AvgIpc) is 3.61. The number of rotatable bonds is 14. The van der Waals surface area contributed by atoms with Crippen molar-refractivity contribution < 1.29 is 9.84 Å². The van der Waals surface area contributed by atoms with Crippen molar-refractivity contribution in [3.05, 3.63) is 71.8 Å². The second-order valence-corrected chi connectivity index (χ2v) is 9.48. The molecule has 3 heterocycles. The molecule has 0 spiro atoms. The number of unbranched alkanes of at least 4 members (excludes halogenated alkanes) is 1. The molecular formula is C27H30ClN9O2. The molecule has 202 valence electrons. The fraction of sp³-hybridized carbons (Fsp3) is 0.259. The maximum Gasteiger partial charge on any atom is 0.231 e. The molecular weight excluding hydrogens is 518 g/mol. The lowest BCUT2D eigenvalue weighted by atomic mass is 10.0. The van der Waals surface area contributed by atoms with Crippen molar-refractivity contribution in [2.45, 2.75) is 19.4 Å². The number of ether oxygens (including phenoxy) is 1. The van der Waals surface area contributed by atoms with Gasteiger partial charge in [-0.2, -0.15) is 15.3 Å². The first-order chi connectivity index (χ1) is 19.1. The smallest absolute Gasteiger partial charge is 0.231 e. The number of aromatic nitrogens is 6. The first-order valence-electron chi connectivity index (χ1n) is 12.7. The van der Waals surface area contributed by atoms with E-state index in [-0.39, 0.29) is 5.88 Å². The van der Waals surface area contributed by atoms with Crippen LogP contribution >= 0.6 is 11.6 Å². The van der Waals surface area contributed by atoms with Crippen LogP contribution in [0.3, 0.4) is 0 Å². The quantitative estimate of drug-likeness (QED) is 0.107. The fourth-order valence-electron chi connectivity index (χ4n) is 4.23. The Bertz CT molecular complexity index is 1490. The number of aromatic amines is 2. The number of hydrogen-bond donors (Lipinski definition) is 6. The van der Waals surface area contributed by atoms with Crippen molar-refractivity contribution in [1.29, 1.82) is 0 Å². The van der Waals surface area contributed by atoms with Crippen LogP contribution in [0.5, 0.6) is 5.88 Å². The normalized spacial score (nSPS) is 11.2. The van der Waals surface area contributed by atoms with Gasteiger partial charge in [0.25, 0.3) is 0 Å². The summed E-state index contributed by atoms with van der Waals surface area (Å²) in [4.78, 5) is 0. The van der Waals surface area contributed by atoms with Crippen LogP contribution in [-0.4, -0.2) is 62.0 Å². The summed E-state index contributed by atoms with van der Waals surface area (Å²) in [6, 6.07) is 11.5. The van der Waals surface area contributed by atoms with Gasteiger partial charge in [-0.3, -0.25) is 10.2 Å². The van der Waals surface area contributed by atoms with Crippen LogP contribution in [-0.2, 0) is 11.3 Å². The number of nitrogens with one attached hydrogen (secondary N) is 5. The minimum Gasteiger partial charge on any atom is -0.492 e. The summed E-state index contributed by atoms with van der Waals surface area (Å²) in [7, 11) is 0. The standard InChI is InChI=1S/C27H30ClN9O2/c28-21-7-18(8-22(12-21)35-23-15-31-32-16-23)13-29-3-1-2-5-39-6-4-30-25-9-19(10-26-24(25)17-34-36-26)20-11-27(38)37-33-14-20/h7-12,14-17,29-30,35H,1-6,13H2,(H,31,32)(H,34,36)(H,37,38). The lowest BCUT2D eigenvalue weighted by Crippen LogP contribution is -2.16. The Morgan fingerprint density at radius 1 is 0.897 bits per heavy atom. The van der Waals surface area contributed by atoms with E-state index in [0.717, 1.165) is 70.6 Å². The number of H-pyrrole nitrogens is 2. The largest absolute Gasteiger partial charge is 0.492 e. The number of nitrogens with zero attached hydrogens (tertiary/aromatic N) is 4.